The molecule has 0 fully saturated rings. The molecule has 0 bridgehead atoms. The number of benzene rings is 11. The highest BCUT2D eigenvalue weighted by Gasteiger charge is 2.42. The monoisotopic (exact) mass is 816 g/mol. The van der Waals surface area contributed by atoms with Crippen LogP contribution in [0.5, 0.6) is 0 Å². The summed E-state index contributed by atoms with van der Waals surface area (Å²) in [4.78, 5) is 0. The first kappa shape index (κ1) is 35.7. The molecule has 3 heteroatoms. The number of hydrogen-bond donors (Lipinski definition) is 0. The Bertz CT molecular complexity index is 3830. The van der Waals surface area contributed by atoms with E-state index in [1.165, 1.54) is 96.7 Å². The van der Waals surface area contributed by atoms with Crippen LogP contribution in [0.1, 0.15) is 0 Å². The largest absolute Gasteiger partial charge is 0.309 e. The summed E-state index contributed by atoms with van der Waals surface area (Å²) in [5.74, 6) is 0. The first-order valence-corrected chi connectivity index (χ1v) is 23.9. The van der Waals surface area contributed by atoms with Gasteiger partial charge in [0.1, 0.15) is 0 Å². The number of hydrogen-bond acceptors (Lipinski definition) is 0. The molecular weight excluding hydrogens is 777 g/mol. The van der Waals surface area contributed by atoms with Crippen molar-refractivity contribution < 1.29 is 0 Å². The molecule has 0 saturated heterocycles. The Morgan fingerprint density at radius 2 is 0.683 bits per heavy atom. The lowest BCUT2D eigenvalue weighted by molar-refractivity contribution is 1.18. The van der Waals surface area contributed by atoms with E-state index < -0.39 is 8.07 Å². The minimum Gasteiger partial charge on any atom is -0.309 e. The summed E-state index contributed by atoms with van der Waals surface area (Å²) in [5.41, 5.74) is 7.14. The fraction of sp³-hybridized carbons (Fsp3) is 0. The van der Waals surface area contributed by atoms with Crippen molar-refractivity contribution in [3.05, 3.63) is 243 Å². The predicted molar refractivity (Wildman–Crippen MR) is 271 cm³/mol. The second-order valence-corrected chi connectivity index (χ2v) is 20.6. The average molecular weight is 817 g/mol. The minimum atomic E-state index is -2.99. The average Bonchev–Trinajstić information content (AvgIpc) is 3.88. The van der Waals surface area contributed by atoms with Crippen LogP contribution in [0.25, 0.3) is 87.3 Å². The topological polar surface area (TPSA) is 9.86 Å². The van der Waals surface area contributed by atoms with Gasteiger partial charge in [0.2, 0.25) is 0 Å². The SMILES string of the molecule is c1ccc(-n2c3ccccc3c3ccc4c(c5ccccc5n4-c4cccc([Si](c5ccccc5)(c5ccccc5)c5ccc6c7ccccc7c7ccccc7c6c5)c4)c32)cc1. The molecule has 0 amide bonds. The first-order valence-electron chi connectivity index (χ1n) is 21.9. The molecular formula is C60H40N2Si. The molecule has 2 nitrogen and oxygen atoms in total. The normalized spacial score (nSPS) is 12.1. The quantitative estimate of drug-likeness (QED) is 0.0899. The molecule has 11 aromatic carbocycles. The predicted octanol–water partition coefficient (Wildman–Crippen LogP) is 12.7. The Hall–Kier alpha value is -7.98. The lowest BCUT2D eigenvalue weighted by Crippen LogP contribution is -2.74. The van der Waals surface area contributed by atoms with Crippen LogP contribution >= 0.6 is 0 Å². The van der Waals surface area contributed by atoms with Gasteiger partial charge in [-0.05, 0) is 95.5 Å². The van der Waals surface area contributed by atoms with Gasteiger partial charge in [-0.2, -0.15) is 0 Å². The maximum absolute atomic E-state index is 2.99. The van der Waals surface area contributed by atoms with Gasteiger partial charge in [-0.3, -0.25) is 0 Å². The zero-order valence-corrected chi connectivity index (χ0v) is 35.5. The summed E-state index contributed by atoms with van der Waals surface area (Å²) < 4.78 is 4.98. The van der Waals surface area contributed by atoms with Gasteiger partial charge in [0.15, 0.2) is 8.07 Å². The standard InChI is InChI=1S/C60H40N2Si/c1-4-19-41(20-5-1)62-56-33-16-14-31-52(56)53-37-38-58-59(60(53)62)54-32-15-17-34-57(54)61(58)42-21-18-26-45(39-42)63(43-22-6-2-7-23-43,44-24-8-3-9-25-44)46-35-36-51-49-29-11-10-27-47(49)48-28-12-13-30-50(48)55(51)40-46/h1-40H. The molecule has 0 spiro atoms. The van der Waals surface area contributed by atoms with E-state index in [2.05, 4.69) is 252 Å². The fourth-order valence-corrected chi connectivity index (χ4v) is 15.8. The van der Waals surface area contributed by atoms with Crippen LogP contribution in [-0.2, 0) is 0 Å². The second-order valence-electron chi connectivity index (χ2n) is 16.8. The Balaban J connectivity index is 1.13. The Labute approximate surface area is 366 Å². The van der Waals surface area contributed by atoms with Crippen LogP contribution < -0.4 is 20.7 Å². The van der Waals surface area contributed by atoms with Crippen LogP contribution in [0.4, 0.5) is 0 Å². The smallest absolute Gasteiger partial charge is 0.179 e. The van der Waals surface area contributed by atoms with E-state index in [4.69, 9.17) is 0 Å². The molecule has 294 valence electrons. The molecule has 0 saturated carbocycles. The third kappa shape index (κ3) is 5.18. The first-order chi connectivity index (χ1) is 31.3. The summed E-state index contributed by atoms with van der Waals surface area (Å²) in [6, 6.07) is 90.7. The van der Waals surface area contributed by atoms with Crippen LogP contribution in [0.15, 0.2) is 243 Å². The Kier molecular flexibility index (Phi) is 7.96. The van der Waals surface area contributed by atoms with E-state index in [1.807, 2.05) is 0 Å². The molecule has 0 aliphatic heterocycles. The number of rotatable bonds is 6. The van der Waals surface area contributed by atoms with Crippen molar-refractivity contribution in [1.82, 2.24) is 9.13 Å². The van der Waals surface area contributed by atoms with Crippen molar-refractivity contribution in [2.75, 3.05) is 0 Å². The number of fused-ring (bicyclic) bond motifs is 13. The minimum absolute atomic E-state index is 1.15. The van der Waals surface area contributed by atoms with Crippen LogP contribution in [0, 0.1) is 0 Å². The van der Waals surface area contributed by atoms with Crippen molar-refractivity contribution in [3.63, 3.8) is 0 Å². The van der Waals surface area contributed by atoms with E-state index >= 15 is 0 Å². The van der Waals surface area contributed by atoms with Gasteiger partial charge in [-0.15, -0.1) is 0 Å². The molecule has 13 aromatic rings. The highest BCUT2D eigenvalue weighted by Crippen LogP contribution is 2.42. The zero-order valence-electron chi connectivity index (χ0n) is 34.5. The molecule has 0 radical (unpaired) electrons. The number of para-hydroxylation sites is 3. The second kappa shape index (κ2) is 14.0. The molecule has 0 aliphatic carbocycles. The van der Waals surface area contributed by atoms with Crippen molar-refractivity contribution in [1.29, 1.82) is 0 Å². The summed E-state index contributed by atoms with van der Waals surface area (Å²) in [5, 5.41) is 18.2. The maximum atomic E-state index is 2.54. The van der Waals surface area contributed by atoms with Gasteiger partial charge >= 0.3 is 0 Å². The highest BCUT2D eigenvalue weighted by atomic mass is 28.3. The summed E-state index contributed by atoms with van der Waals surface area (Å²) in [6.45, 7) is 0. The van der Waals surface area contributed by atoms with Gasteiger partial charge in [0.05, 0.1) is 22.1 Å². The molecule has 13 rings (SSSR count). The maximum Gasteiger partial charge on any atom is 0.179 e. The summed E-state index contributed by atoms with van der Waals surface area (Å²) >= 11 is 0. The third-order valence-corrected chi connectivity index (χ3v) is 18.4. The van der Waals surface area contributed by atoms with Crippen molar-refractivity contribution >= 4 is 105 Å². The third-order valence-electron chi connectivity index (χ3n) is 13.6. The summed E-state index contributed by atoms with van der Waals surface area (Å²) in [6.07, 6.45) is 0. The molecule has 0 N–H and O–H groups in total. The van der Waals surface area contributed by atoms with Crippen molar-refractivity contribution in [2.24, 2.45) is 0 Å². The van der Waals surface area contributed by atoms with E-state index in [0.717, 1.165) is 11.4 Å². The molecule has 0 atom stereocenters. The lowest BCUT2D eigenvalue weighted by Gasteiger charge is -2.35. The van der Waals surface area contributed by atoms with Gasteiger partial charge in [-0.1, -0.05) is 200 Å². The van der Waals surface area contributed by atoms with Crippen LogP contribution in [-0.4, -0.2) is 17.2 Å². The summed E-state index contributed by atoms with van der Waals surface area (Å²) in [7, 11) is -2.99. The van der Waals surface area contributed by atoms with Gasteiger partial charge in [0.25, 0.3) is 0 Å². The van der Waals surface area contributed by atoms with E-state index in [1.54, 1.807) is 0 Å². The lowest BCUT2D eigenvalue weighted by atomic mass is 9.94. The van der Waals surface area contributed by atoms with Crippen molar-refractivity contribution in [3.8, 4) is 11.4 Å². The number of nitrogens with zero attached hydrogens (tertiary/aromatic N) is 2. The molecule has 63 heavy (non-hydrogen) atoms. The molecule has 2 heterocycles. The van der Waals surface area contributed by atoms with E-state index in [9.17, 15) is 0 Å². The Morgan fingerprint density at radius 1 is 0.238 bits per heavy atom. The van der Waals surface area contributed by atoms with Gasteiger partial charge < -0.3 is 9.13 Å². The number of aromatic nitrogens is 2. The molecule has 2 aromatic heterocycles. The van der Waals surface area contributed by atoms with E-state index in [-0.39, 0.29) is 0 Å². The Morgan fingerprint density at radius 3 is 1.32 bits per heavy atom. The molecule has 0 unspecified atom stereocenters. The molecule has 0 aliphatic rings. The highest BCUT2D eigenvalue weighted by molar-refractivity contribution is 7.20. The van der Waals surface area contributed by atoms with Gasteiger partial charge in [-0.25, -0.2) is 0 Å². The van der Waals surface area contributed by atoms with Crippen molar-refractivity contribution in [2.45, 2.75) is 0 Å². The van der Waals surface area contributed by atoms with E-state index in [0.29, 0.717) is 0 Å². The van der Waals surface area contributed by atoms with Crippen LogP contribution in [0.2, 0.25) is 0 Å². The van der Waals surface area contributed by atoms with Crippen LogP contribution in [0.3, 0.4) is 0 Å². The zero-order chi connectivity index (χ0) is 41.5. The fourth-order valence-electron chi connectivity index (χ4n) is 11.0. The van der Waals surface area contributed by atoms with Gasteiger partial charge in [0, 0.05) is 32.9 Å².